The van der Waals surface area contributed by atoms with E-state index in [0.717, 1.165) is 22.3 Å². The molecule has 0 saturated carbocycles. The number of rotatable bonds is 5. The van der Waals surface area contributed by atoms with Crippen molar-refractivity contribution in [3.05, 3.63) is 96.6 Å². The largest absolute Gasteiger partial charge is 0.226 e. The summed E-state index contributed by atoms with van der Waals surface area (Å²) in [5.74, 6) is 1.11. The third-order valence-corrected chi connectivity index (χ3v) is 3.95. The molecule has 0 radical (unpaired) electrons. The van der Waals surface area contributed by atoms with Gasteiger partial charge in [0.25, 0.3) is 0 Å². The van der Waals surface area contributed by atoms with Crippen LogP contribution in [0.25, 0.3) is 28.1 Å². The highest BCUT2D eigenvalue weighted by molar-refractivity contribution is 6.28. The molecular weight excluding hydrogens is 342 g/mol. The summed E-state index contributed by atoms with van der Waals surface area (Å²) in [5, 5.41) is 0.176. The zero-order valence-electron chi connectivity index (χ0n) is 14.4. The smallest absolute Gasteiger partial charge is 0.208 e. The Kier molecular flexibility index (Phi) is 5.72. The summed E-state index contributed by atoms with van der Waals surface area (Å²) in [4.78, 5) is 13.1. The third kappa shape index (κ3) is 4.32. The van der Waals surface area contributed by atoms with Crippen molar-refractivity contribution in [2.24, 2.45) is 0 Å². The van der Waals surface area contributed by atoms with Gasteiger partial charge in [-0.2, -0.15) is 9.97 Å². The first kappa shape index (κ1) is 17.8. The van der Waals surface area contributed by atoms with Gasteiger partial charge in [-0.1, -0.05) is 79.4 Å². The number of allylic oxidation sites excluding steroid dienone is 5. The minimum Gasteiger partial charge on any atom is -0.208 e. The van der Waals surface area contributed by atoms with Crippen molar-refractivity contribution in [2.45, 2.75) is 6.92 Å². The Bertz CT molecular complexity index is 976. The van der Waals surface area contributed by atoms with E-state index in [9.17, 15) is 0 Å². The van der Waals surface area contributed by atoms with Gasteiger partial charge in [-0.05, 0) is 41.3 Å². The van der Waals surface area contributed by atoms with Crippen molar-refractivity contribution in [1.29, 1.82) is 0 Å². The van der Waals surface area contributed by atoms with Gasteiger partial charge in [0.2, 0.25) is 5.28 Å². The van der Waals surface area contributed by atoms with E-state index in [0.29, 0.717) is 11.6 Å². The summed E-state index contributed by atoms with van der Waals surface area (Å²) in [6.45, 7) is 5.59. The second-order valence-corrected chi connectivity index (χ2v) is 6.01. The Morgan fingerprint density at radius 3 is 2.38 bits per heavy atom. The van der Waals surface area contributed by atoms with Crippen molar-refractivity contribution < 1.29 is 0 Å². The monoisotopic (exact) mass is 359 g/mol. The van der Waals surface area contributed by atoms with E-state index >= 15 is 0 Å². The molecule has 3 aromatic rings. The lowest BCUT2D eigenvalue weighted by Gasteiger charge is -2.07. The lowest BCUT2D eigenvalue weighted by atomic mass is 10.0. The molecule has 3 rings (SSSR count). The molecule has 2 aromatic carbocycles. The Balaban J connectivity index is 2.01. The van der Waals surface area contributed by atoms with Gasteiger partial charge in [0.05, 0.1) is 0 Å². The molecule has 0 aliphatic rings. The first-order valence-corrected chi connectivity index (χ1v) is 8.59. The molecule has 0 unspecified atom stereocenters. The van der Waals surface area contributed by atoms with Gasteiger partial charge < -0.3 is 0 Å². The van der Waals surface area contributed by atoms with Gasteiger partial charge >= 0.3 is 0 Å². The number of benzene rings is 2. The lowest BCUT2D eigenvalue weighted by molar-refractivity contribution is 1.02. The number of nitrogens with zero attached hydrogens (tertiary/aromatic N) is 3. The molecular formula is C22H18ClN3. The van der Waals surface area contributed by atoms with E-state index in [1.165, 1.54) is 0 Å². The Morgan fingerprint density at radius 2 is 1.62 bits per heavy atom. The second kappa shape index (κ2) is 8.37. The molecule has 0 spiro atoms. The standard InChI is InChI=1S/C22H18ClN3/c1-3-4-6-10-16(2)20-24-21(26-22(23)25-20)19-14-9-13-18(15-19)17-11-7-5-8-12-17/h3-15H,1H2,2H3/b6-4-,16-10+. The van der Waals surface area contributed by atoms with Crippen LogP contribution in [0.3, 0.4) is 0 Å². The predicted octanol–water partition coefficient (Wildman–Crippen LogP) is 6.00. The molecule has 0 aliphatic carbocycles. The molecule has 1 aromatic heterocycles. The summed E-state index contributed by atoms with van der Waals surface area (Å²) < 4.78 is 0. The predicted molar refractivity (Wildman–Crippen MR) is 109 cm³/mol. The highest BCUT2D eigenvalue weighted by Crippen LogP contribution is 2.25. The van der Waals surface area contributed by atoms with E-state index in [-0.39, 0.29) is 5.28 Å². The number of hydrogen-bond donors (Lipinski definition) is 0. The van der Waals surface area contributed by atoms with E-state index in [4.69, 9.17) is 11.6 Å². The van der Waals surface area contributed by atoms with Crippen LogP contribution in [0.4, 0.5) is 0 Å². The number of hydrogen-bond acceptors (Lipinski definition) is 3. The van der Waals surface area contributed by atoms with Crippen molar-refractivity contribution in [1.82, 2.24) is 15.0 Å². The zero-order chi connectivity index (χ0) is 18.4. The van der Waals surface area contributed by atoms with Gasteiger partial charge in [-0.3, -0.25) is 0 Å². The molecule has 0 N–H and O–H groups in total. The fourth-order valence-corrected chi connectivity index (χ4v) is 2.64. The van der Waals surface area contributed by atoms with Crippen LogP contribution in [-0.2, 0) is 0 Å². The van der Waals surface area contributed by atoms with Crippen LogP contribution in [0.2, 0.25) is 5.28 Å². The maximum Gasteiger partial charge on any atom is 0.226 e. The minimum atomic E-state index is 0.176. The van der Waals surface area contributed by atoms with Crippen molar-refractivity contribution in [3.8, 4) is 22.5 Å². The Hall–Kier alpha value is -3.04. The quantitative estimate of drug-likeness (QED) is 0.524. The van der Waals surface area contributed by atoms with E-state index in [1.54, 1.807) is 6.08 Å². The summed E-state index contributed by atoms with van der Waals surface area (Å²) >= 11 is 6.14. The van der Waals surface area contributed by atoms with Gasteiger partial charge in [0.1, 0.15) is 0 Å². The summed E-state index contributed by atoms with van der Waals surface area (Å²) in [6.07, 6.45) is 7.36. The van der Waals surface area contributed by atoms with Crippen molar-refractivity contribution >= 4 is 17.2 Å². The topological polar surface area (TPSA) is 38.7 Å². The summed E-state index contributed by atoms with van der Waals surface area (Å²) in [6, 6.07) is 18.3. The van der Waals surface area contributed by atoms with Crippen LogP contribution >= 0.6 is 11.6 Å². The molecule has 26 heavy (non-hydrogen) atoms. The molecule has 0 fully saturated rings. The highest BCUT2D eigenvalue weighted by Gasteiger charge is 2.09. The molecule has 0 bridgehead atoms. The van der Waals surface area contributed by atoms with Gasteiger partial charge in [-0.15, -0.1) is 0 Å². The number of aromatic nitrogens is 3. The molecule has 0 amide bonds. The first-order chi connectivity index (χ1) is 12.7. The van der Waals surface area contributed by atoms with Gasteiger partial charge in [0.15, 0.2) is 11.6 Å². The van der Waals surface area contributed by atoms with Crippen LogP contribution in [-0.4, -0.2) is 15.0 Å². The van der Waals surface area contributed by atoms with Crippen molar-refractivity contribution in [3.63, 3.8) is 0 Å². The fraction of sp³-hybridized carbons (Fsp3) is 0.0455. The summed E-state index contributed by atoms with van der Waals surface area (Å²) in [7, 11) is 0. The summed E-state index contributed by atoms with van der Waals surface area (Å²) in [5.41, 5.74) is 4.03. The molecule has 3 nitrogen and oxygen atoms in total. The number of halogens is 1. The second-order valence-electron chi connectivity index (χ2n) is 5.67. The third-order valence-electron chi connectivity index (χ3n) is 3.78. The van der Waals surface area contributed by atoms with E-state index < -0.39 is 0 Å². The first-order valence-electron chi connectivity index (χ1n) is 8.21. The molecule has 1 heterocycles. The van der Waals surface area contributed by atoms with Crippen LogP contribution in [0.5, 0.6) is 0 Å². The van der Waals surface area contributed by atoms with Gasteiger partial charge in [-0.25, -0.2) is 4.98 Å². The Morgan fingerprint density at radius 1 is 0.885 bits per heavy atom. The molecule has 0 atom stereocenters. The van der Waals surface area contributed by atoms with E-state index in [1.807, 2.05) is 55.5 Å². The van der Waals surface area contributed by atoms with E-state index in [2.05, 4.69) is 45.8 Å². The maximum atomic E-state index is 6.14. The van der Waals surface area contributed by atoms with Crippen molar-refractivity contribution in [2.75, 3.05) is 0 Å². The van der Waals surface area contributed by atoms with Crippen LogP contribution in [0, 0.1) is 0 Å². The fourth-order valence-electron chi connectivity index (χ4n) is 2.48. The molecule has 0 aliphatic heterocycles. The molecule has 128 valence electrons. The van der Waals surface area contributed by atoms with Crippen LogP contribution < -0.4 is 0 Å². The molecule has 0 saturated heterocycles. The Labute approximate surface area is 158 Å². The van der Waals surface area contributed by atoms with Gasteiger partial charge in [0, 0.05) is 5.56 Å². The average Bonchev–Trinajstić information content (AvgIpc) is 2.68. The zero-order valence-corrected chi connectivity index (χ0v) is 15.2. The maximum absolute atomic E-state index is 6.14. The van der Waals surface area contributed by atoms with Crippen LogP contribution in [0.15, 0.2) is 85.5 Å². The molecule has 4 heteroatoms. The SMILES string of the molecule is C=C/C=C\C=C(/C)c1nc(Cl)nc(-c2cccc(-c3ccccc3)c2)n1. The average molecular weight is 360 g/mol. The minimum absolute atomic E-state index is 0.176. The lowest BCUT2D eigenvalue weighted by Crippen LogP contribution is -1.99. The van der Waals surface area contributed by atoms with Crippen LogP contribution in [0.1, 0.15) is 12.7 Å². The highest BCUT2D eigenvalue weighted by atomic mass is 35.5. The normalized spacial score (nSPS) is 11.7.